The van der Waals surface area contributed by atoms with Gasteiger partial charge in [-0.05, 0) is 31.1 Å². The van der Waals surface area contributed by atoms with Gasteiger partial charge in [0, 0.05) is 6.54 Å². The summed E-state index contributed by atoms with van der Waals surface area (Å²) in [4.78, 5) is 59.6. The van der Waals surface area contributed by atoms with Crippen LogP contribution in [0.5, 0.6) is 0 Å². The molecule has 4 amide bonds. The summed E-state index contributed by atoms with van der Waals surface area (Å²) in [7, 11) is 0. The minimum Gasteiger partial charge on any atom is -0.363 e. The first-order chi connectivity index (χ1) is 16.1. The molecule has 12 heteroatoms. The number of nitrogens with one attached hydrogen (secondary N) is 2. The Morgan fingerprint density at radius 1 is 1.03 bits per heavy atom. The molecule has 0 aromatic heterocycles. The number of alkyl halides is 3. The van der Waals surface area contributed by atoms with Gasteiger partial charge in [0.2, 0.25) is 17.6 Å². The maximum absolute atomic E-state index is 12.5. The first-order valence-electron chi connectivity index (χ1n) is 11.9. The Kier molecular flexibility index (Phi) is 14.2. The molecule has 0 aromatic carbocycles. The van der Waals surface area contributed by atoms with Gasteiger partial charge in [0.15, 0.2) is 0 Å². The van der Waals surface area contributed by atoms with Gasteiger partial charge in [-0.15, -0.1) is 0 Å². The maximum Gasteiger partial charge on any atom is 0.471 e. The topological polar surface area (TPSA) is 139 Å². The standard InChI is InChI=1S/C16H21F3N4O5.C4H10.C3H8/c17-16(18,19)15(28)21-7-11(24)23-5-1-2-10(23)14(27)22-9(6-8-3-4-8)12(25)13(20)26;1-4(2)3;1-3-2/h8-10H,1-7H2,(H2,20,26)(H,21,28)(H,22,27);4H,1-3H3;3H2,1-2H3/t9?,10-;;/m0../s1. The van der Waals surface area contributed by atoms with Crippen molar-refractivity contribution in [3.63, 3.8) is 0 Å². The highest BCUT2D eigenvalue weighted by Crippen LogP contribution is 2.33. The molecule has 2 atom stereocenters. The third kappa shape index (κ3) is 13.1. The molecule has 1 saturated carbocycles. The second kappa shape index (κ2) is 15.4. The molecule has 1 aliphatic heterocycles. The Labute approximate surface area is 204 Å². The summed E-state index contributed by atoms with van der Waals surface area (Å²) >= 11 is 0. The number of Topliss-reactive ketones (excluding diaryl/α,β-unsaturated/α-hetero) is 1. The van der Waals surface area contributed by atoms with Crippen LogP contribution in [0.25, 0.3) is 0 Å². The van der Waals surface area contributed by atoms with E-state index in [0.717, 1.165) is 23.7 Å². The smallest absolute Gasteiger partial charge is 0.363 e. The van der Waals surface area contributed by atoms with Gasteiger partial charge in [0.1, 0.15) is 6.04 Å². The molecule has 0 aromatic rings. The zero-order chi connectivity index (χ0) is 27.3. The van der Waals surface area contributed by atoms with E-state index in [4.69, 9.17) is 5.73 Å². The lowest BCUT2D eigenvalue weighted by atomic mass is 10.0. The van der Waals surface area contributed by atoms with Crippen LogP contribution in [-0.4, -0.2) is 65.7 Å². The van der Waals surface area contributed by atoms with Gasteiger partial charge in [0.25, 0.3) is 5.91 Å². The molecule has 2 rings (SSSR count). The van der Waals surface area contributed by atoms with Gasteiger partial charge in [-0.25, -0.2) is 0 Å². The monoisotopic (exact) mass is 508 g/mol. The van der Waals surface area contributed by atoms with E-state index in [-0.39, 0.29) is 25.3 Å². The van der Waals surface area contributed by atoms with Crippen molar-refractivity contribution in [2.45, 2.75) is 91.4 Å². The normalized spacial score (nSPS) is 17.9. The van der Waals surface area contributed by atoms with E-state index in [1.807, 2.05) is 0 Å². The van der Waals surface area contributed by atoms with Crippen LogP contribution in [0, 0.1) is 11.8 Å². The van der Waals surface area contributed by atoms with Gasteiger partial charge in [-0.2, -0.15) is 13.2 Å². The summed E-state index contributed by atoms with van der Waals surface area (Å²) in [5, 5.41) is 3.90. The molecule has 0 spiro atoms. The van der Waals surface area contributed by atoms with Crippen molar-refractivity contribution >= 4 is 29.4 Å². The van der Waals surface area contributed by atoms with Crippen molar-refractivity contribution in [3.05, 3.63) is 0 Å². The number of nitrogens with zero attached hydrogens (tertiary/aromatic N) is 1. The molecule has 1 heterocycles. The number of amides is 4. The first kappa shape index (κ1) is 32.3. The van der Waals surface area contributed by atoms with Crippen molar-refractivity contribution in [2.75, 3.05) is 13.1 Å². The van der Waals surface area contributed by atoms with E-state index >= 15 is 0 Å². The molecule has 35 heavy (non-hydrogen) atoms. The lowest BCUT2D eigenvalue weighted by Gasteiger charge is -2.26. The number of hydrogen-bond acceptors (Lipinski definition) is 5. The van der Waals surface area contributed by atoms with Crippen LogP contribution in [0.2, 0.25) is 0 Å². The van der Waals surface area contributed by atoms with Crippen molar-refractivity contribution in [3.8, 4) is 0 Å². The van der Waals surface area contributed by atoms with Gasteiger partial charge in [-0.3, -0.25) is 24.0 Å². The van der Waals surface area contributed by atoms with Crippen LogP contribution in [0.3, 0.4) is 0 Å². The lowest BCUT2D eigenvalue weighted by molar-refractivity contribution is -0.174. The molecule has 2 fully saturated rings. The summed E-state index contributed by atoms with van der Waals surface area (Å²) in [5.74, 6) is -4.87. The minimum atomic E-state index is -5.12. The zero-order valence-electron chi connectivity index (χ0n) is 21.2. The number of ketones is 1. The van der Waals surface area contributed by atoms with Gasteiger partial charge >= 0.3 is 12.1 Å². The molecular formula is C23H39F3N4O5. The number of halogens is 3. The van der Waals surface area contributed by atoms with Crippen molar-refractivity contribution in [1.82, 2.24) is 15.5 Å². The van der Waals surface area contributed by atoms with E-state index < -0.39 is 54.2 Å². The van der Waals surface area contributed by atoms with Gasteiger partial charge in [-0.1, -0.05) is 53.9 Å². The quantitative estimate of drug-likeness (QED) is 0.431. The summed E-state index contributed by atoms with van der Waals surface area (Å²) in [6.07, 6.45) is -1.21. The molecule has 0 bridgehead atoms. The van der Waals surface area contributed by atoms with Gasteiger partial charge < -0.3 is 21.3 Å². The SMILES string of the molecule is CC(C)C.CCC.NC(=O)C(=O)C(CC1CC1)NC(=O)[C@@H]1CCCN1C(=O)CNC(=O)C(F)(F)F. The molecule has 2 aliphatic rings. The predicted molar refractivity (Wildman–Crippen MR) is 124 cm³/mol. The highest BCUT2D eigenvalue weighted by molar-refractivity contribution is 6.37. The van der Waals surface area contributed by atoms with E-state index in [1.54, 1.807) is 0 Å². The average molecular weight is 509 g/mol. The number of primary amides is 1. The van der Waals surface area contributed by atoms with Crippen molar-refractivity contribution in [1.29, 1.82) is 0 Å². The Morgan fingerprint density at radius 2 is 1.54 bits per heavy atom. The summed E-state index contributed by atoms with van der Waals surface area (Å²) in [6, 6.07) is -2.10. The number of carbonyl (C=O) groups excluding carboxylic acids is 5. The Morgan fingerprint density at radius 3 is 1.97 bits per heavy atom. The fourth-order valence-electron chi connectivity index (χ4n) is 3.05. The predicted octanol–water partition coefficient (Wildman–Crippen LogP) is 2.07. The highest BCUT2D eigenvalue weighted by atomic mass is 19.4. The Balaban J connectivity index is 0.00000146. The van der Waals surface area contributed by atoms with Crippen molar-refractivity contribution in [2.24, 2.45) is 17.6 Å². The van der Waals surface area contributed by atoms with Crippen LogP contribution < -0.4 is 16.4 Å². The third-order valence-corrected chi connectivity index (χ3v) is 4.68. The van der Waals surface area contributed by atoms with Crippen LogP contribution in [0.1, 0.15) is 73.1 Å². The number of rotatable bonds is 8. The molecule has 1 unspecified atom stereocenters. The van der Waals surface area contributed by atoms with E-state index in [1.165, 1.54) is 11.7 Å². The number of nitrogens with two attached hydrogens (primary N) is 1. The summed E-state index contributed by atoms with van der Waals surface area (Å²) in [5.41, 5.74) is 5.00. The second-order valence-corrected chi connectivity index (χ2v) is 9.33. The van der Waals surface area contributed by atoms with E-state index in [2.05, 4.69) is 39.9 Å². The van der Waals surface area contributed by atoms with Crippen LogP contribution in [0.4, 0.5) is 13.2 Å². The fourth-order valence-corrected chi connectivity index (χ4v) is 3.05. The molecule has 0 radical (unpaired) electrons. The average Bonchev–Trinajstić information content (AvgIpc) is 3.41. The molecule has 9 nitrogen and oxygen atoms in total. The van der Waals surface area contributed by atoms with E-state index in [9.17, 15) is 37.1 Å². The largest absolute Gasteiger partial charge is 0.471 e. The lowest BCUT2D eigenvalue weighted by Crippen LogP contribution is -2.54. The Hall–Kier alpha value is -2.66. The highest BCUT2D eigenvalue weighted by Gasteiger charge is 2.41. The van der Waals surface area contributed by atoms with Crippen LogP contribution in [-0.2, 0) is 24.0 Å². The maximum atomic E-state index is 12.5. The molecule has 1 saturated heterocycles. The first-order valence-corrected chi connectivity index (χ1v) is 11.9. The molecule has 4 N–H and O–H groups in total. The zero-order valence-corrected chi connectivity index (χ0v) is 21.2. The molecule has 1 aliphatic carbocycles. The summed E-state index contributed by atoms with van der Waals surface area (Å²) < 4.78 is 36.6. The van der Waals surface area contributed by atoms with Crippen molar-refractivity contribution < 1.29 is 37.1 Å². The molecule has 202 valence electrons. The summed E-state index contributed by atoms with van der Waals surface area (Å²) in [6.45, 7) is 9.96. The van der Waals surface area contributed by atoms with Crippen LogP contribution >= 0.6 is 0 Å². The number of carbonyl (C=O) groups is 5. The fraction of sp³-hybridized carbons (Fsp3) is 0.783. The molecular weight excluding hydrogens is 469 g/mol. The van der Waals surface area contributed by atoms with Crippen LogP contribution in [0.15, 0.2) is 0 Å². The third-order valence-electron chi connectivity index (χ3n) is 4.68. The van der Waals surface area contributed by atoms with Gasteiger partial charge in [0.05, 0.1) is 12.6 Å². The second-order valence-electron chi connectivity index (χ2n) is 9.33. The number of likely N-dealkylation sites (tertiary alicyclic amines) is 1. The minimum absolute atomic E-state index is 0.121. The number of hydrogen-bond donors (Lipinski definition) is 3. The van der Waals surface area contributed by atoms with E-state index in [0.29, 0.717) is 6.42 Å². The Bertz CT molecular complexity index is 736.